The Hall–Kier alpha value is -1.60. The van der Waals surface area contributed by atoms with Crippen molar-refractivity contribution in [2.45, 2.75) is 336 Å². The third-order valence-electron chi connectivity index (χ3n) is 15.3. The third-order valence-corrected chi connectivity index (χ3v) is 15.3. The summed E-state index contributed by atoms with van der Waals surface area (Å²) in [6.45, 7) is 12.3. The fourth-order valence-electron chi connectivity index (χ4n) is 10.6. The van der Waals surface area contributed by atoms with Crippen molar-refractivity contribution < 1.29 is 4.48 Å². The molecule has 0 aromatic heterocycles. The minimum Gasteiger partial charge on any atom is -0.320 e. The molecule has 0 N–H and O–H groups in total. The summed E-state index contributed by atoms with van der Waals surface area (Å²) in [5.74, 6) is 0. The lowest BCUT2D eigenvalue weighted by molar-refractivity contribution is -0.941. The molecule has 0 aliphatic rings. The van der Waals surface area contributed by atoms with Crippen LogP contribution < -0.4 is 0 Å². The van der Waals surface area contributed by atoms with E-state index in [1.807, 2.05) is 0 Å². The number of unbranched alkanes of at least 4 members (excludes halogenated alkanes) is 42. The molecule has 0 aliphatic carbocycles. The summed E-state index contributed by atoms with van der Waals surface area (Å²) >= 11 is 0. The van der Waals surface area contributed by atoms with Crippen LogP contribution in [0.25, 0.3) is 0 Å². The highest BCUT2D eigenvalue weighted by atomic mass is 15.3. The van der Waals surface area contributed by atoms with Crippen LogP contribution in [-0.2, 0) is 6.54 Å². The molecule has 0 atom stereocenters. The Kier molecular flexibility index (Phi) is 51.8. The molecule has 0 aliphatic heterocycles. The van der Waals surface area contributed by atoms with Crippen molar-refractivity contribution in [2.75, 3.05) is 19.6 Å². The van der Waals surface area contributed by atoms with Gasteiger partial charge in [-0.05, 0) is 96.3 Å². The zero-order valence-corrected chi connectivity index (χ0v) is 47.1. The molecule has 1 rings (SSSR count). The minimum absolute atomic E-state index is 1.25. The molecule has 1 aromatic rings. The second kappa shape index (κ2) is 54.7. The Morgan fingerprint density at radius 3 is 0.691 bits per heavy atom. The summed E-state index contributed by atoms with van der Waals surface area (Å²) in [5, 5.41) is 0. The molecule has 0 saturated carbocycles. The van der Waals surface area contributed by atoms with E-state index < -0.39 is 0 Å². The van der Waals surface area contributed by atoms with Gasteiger partial charge in [-0.15, -0.1) is 0 Å². The summed E-state index contributed by atoms with van der Waals surface area (Å²) in [7, 11) is 0. The van der Waals surface area contributed by atoms with Gasteiger partial charge in [-0.25, -0.2) is 0 Å². The molecular weight excluding hydrogens is 819 g/mol. The van der Waals surface area contributed by atoms with Crippen molar-refractivity contribution in [3.8, 4) is 0 Å². The highest BCUT2D eigenvalue weighted by molar-refractivity contribution is 5.13. The number of nitrogens with zero attached hydrogens (tertiary/aromatic N) is 1. The fourth-order valence-corrected chi connectivity index (χ4v) is 10.6. The molecule has 0 radical (unpaired) electrons. The lowest BCUT2D eigenvalue weighted by atomic mass is 10.0. The van der Waals surface area contributed by atoms with E-state index in [0.29, 0.717) is 0 Å². The molecule has 0 saturated heterocycles. The smallest absolute Gasteiger partial charge is 0.104 e. The molecule has 1 heteroatoms. The average molecular weight is 944 g/mol. The second-order valence-corrected chi connectivity index (χ2v) is 22.1. The van der Waals surface area contributed by atoms with E-state index in [9.17, 15) is 0 Å². The van der Waals surface area contributed by atoms with E-state index in [-0.39, 0.29) is 0 Å². The summed E-state index contributed by atoms with van der Waals surface area (Å²) in [4.78, 5) is 0. The SMILES string of the molecule is CCCC/C=C/CCCCCCCCCCCCCC[N+](CCCCCCCCCCCCCC/C=C/CCCC)(CCCCCCCCCCCCCC/C=C/CCCC)Cc1ccccc1. The maximum Gasteiger partial charge on any atom is 0.104 e. The van der Waals surface area contributed by atoms with Gasteiger partial charge in [-0.2, -0.15) is 0 Å². The van der Waals surface area contributed by atoms with E-state index >= 15 is 0 Å². The Morgan fingerprint density at radius 1 is 0.250 bits per heavy atom. The van der Waals surface area contributed by atoms with Gasteiger partial charge in [-0.3, -0.25) is 0 Å². The van der Waals surface area contributed by atoms with Crippen molar-refractivity contribution in [3.05, 3.63) is 72.4 Å². The molecule has 396 valence electrons. The van der Waals surface area contributed by atoms with Gasteiger partial charge in [0, 0.05) is 5.56 Å². The maximum atomic E-state index is 2.43. The first-order valence-corrected chi connectivity index (χ1v) is 31.6. The number of rotatable bonds is 56. The number of allylic oxidation sites excluding steroid dienone is 6. The molecular formula is C67H124N+. The van der Waals surface area contributed by atoms with Gasteiger partial charge < -0.3 is 4.48 Å². The van der Waals surface area contributed by atoms with Crippen molar-refractivity contribution in [1.82, 2.24) is 0 Å². The first-order chi connectivity index (χ1) is 33.8. The predicted molar refractivity (Wildman–Crippen MR) is 311 cm³/mol. The van der Waals surface area contributed by atoms with Crippen molar-refractivity contribution in [2.24, 2.45) is 0 Å². The summed E-state index contributed by atoms with van der Waals surface area (Å²) in [6, 6.07) is 11.7. The van der Waals surface area contributed by atoms with Gasteiger partial charge in [-0.1, -0.05) is 299 Å². The van der Waals surface area contributed by atoms with Crippen LogP contribution >= 0.6 is 0 Å². The van der Waals surface area contributed by atoms with E-state index in [0.717, 1.165) is 0 Å². The van der Waals surface area contributed by atoms with Crippen LogP contribution in [0, 0.1) is 0 Å². The quantitative estimate of drug-likeness (QED) is 0.0347. The second-order valence-electron chi connectivity index (χ2n) is 22.1. The molecule has 68 heavy (non-hydrogen) atoms. The van der Waals surface area contributed by atoms with Crippen molar-refractivity contribution in [3.63, 3.8) is 0 Å². The van der Waals surface area contributed by atoms with Crippen molar-refractivity contribution >= 4 is 0 Å². The van der Waals surface area contributed by atoms with E-state index in [1.165, 1.54) is 339 Å². The van der Waals surface area contributed by atoms with Gasteiger partial charge in [0.15, 0.2) is 0 Å². The maximum absolute atomic E-state index is 2.43. The Bertz CT molecular complexity index is 1050. The molecule has 0 spiro atoms. The van der Waals surface area contributed by atoms with Crippen LogP contribution in [0.1, 0.15) is 335 Å². The number of hydrogen-bond donors (Lipinski definition) is 0. The molecule has 0 unspecified atom stereocenters. The molecule has 1 nitrogen and oxygen atoms in total. The van der Waals surface area contributed by atoms with Gasteiger partial charge in [0.1, 0.15) is 6.54 Å². The van der Waals surface area contributed by atoms with Crippen LogP contribution in [0.4, 0.5) is 0 Å². The third kappa shape index (κ3) is 46.8. The monoisotopic (exact) mass is 943 g/mol. The number of benzene rings is 1. The van der Waals surface area contributed by atoms with Crippen LogP contribution in [0.2, 0.25) is 0 Å². The molecule has 0 fully saturated rings. The van der Waals surface area contributed by atoms with E-state index in [1.54, 1.807) is 5.56 Å². The summed E-state index contributed by atoms with van der Waals surface area (Å²) in [5.41, 5.74) is 1.57. The van der Waals surface area contributed by atoms with Crippen LogP contribution in [0.3, 0.4) is 0 Å². The fraction of sp³-hybridized carbons (Fsp3) is 0.821. The summed E-state index contributed by atoms with van der Waals surface area (Å²) in [6.07, 6.45) is 82.3. The standard InChI is InChI=1S/C67H124N/c1-4-7-10-13-16-19-22-25-28-31-34-37-40-43-46-49-52-58-63-68(66-67-61-56-55-57-62-67,64-59-53-50-47-44-41-38-35-32-29-26-23-20-17-14-11-8-5-2)65-60-54-51-48-45-42-39-36-33-30-27-24-21-18-15-12-9-6-3/h13-18,55-57,61-62H,4-12,19-54,58-60,63-66H2,1-3H3/q+1/b16-13+,17-14+,18-15+. The predicted octanol–water partition coefficient (Wildman–Crippen LogP) is 23.5. The first kappa shape index (κ1) is 64.4. The van der Waals surface area contributed by atoms with Crippen LogP contribution in [0.5, 0.6) is 0 Å². The lowest BCUT2D eigenvalue weighted by Crippen LogP contribution is -2.49. The van der Waals surface area contributed by atoms with Gasteiger partial charge in [0.05, 0.1) is 19.6 Å². The Morgan fingerprint density at radius 2 is 0.456 bits per heavy atom. The first-order valence-electron chi connectivity index (χ1n) is 31.6. The highest BCUT2D eigenvalue weighted by Gasteiger charge is 2.26. The largest absolute Gasteiger partial charge is 0.320 e. The van der Waals surface area contributed by atoms with E-state index in [2.05, 4.69) is 87.6 Å². The normalized spacial score (nSPS) is 12.3. The zero-order chi connectivity index (χ0) is 48.6. The molecule has 1 aromatic carbocycles. The van der Waals surface area contributed by atoms with Crippen LogP contribution in [0.15, 0.2) is 66.8 Å². The van der Waals surface area contributed by atoms with E-state index in [4.69, 9.17) is 0 Å². The summed E-state index contributed by atoms with van der Waals surface area (Å²) < 4.78 is 1.35. The number of quaternary nitrogens is 1. The highest BCUT2D eigenvalue weighted by Crippen LogP contribution is 2.24. The van der Waals surface area contributed by atoms with Crippen LogP contribution in [-0.4, -0.2) is 24.1 Å². The lowest BCUT2D eigenvalue weighted by Gasteiger charge is -2.39. The van der Waals surface area contributed by atoms with Gasteiger partial charge in [0.2, 0.25) is 0 Å². The van der Waals surface area contributed by atoms with Gasteiger partial charge >= 0.3 is 0 Å². The Labute approximate surface area is 430 Å². The minimum atomic E-state index is 1.25. The average Bonchev–Trinajstić information content (AvgIpc) is 3.35. The molecule has 0 heterocycles. The number of hydrogen-bond acceptors (Lipinski definition) is 0. The molecule has 0 amide bonds. The topological polar surface area (TPSA) is 0 Å². The molecule has 0 bridgehead atoms. The van der Waals surface area contributed by atoms with Crippen molar-refractivity contribution in [1.29, 1.82) is 0 Å². The van der Waals surface area contributed by atoms with Gasteiger partial charge in [0.25, 0.3) is 0 Å². The Balaban J connectivity index is 2.45. The zero-order valence-electron chi connectivity index (χ0n) is 47.1.